The number of H-pyrrole nitrogens is 1. The Morgan fingerprint density at radius 3 is 2.86 bits per heavy atom. The van der Waals surface area contributed by atoms with Gasteiger partial charge in [0.15, 0.2) is 0 Å². The Balaban J connectivity index is 1.54. The molecular weight excluding hydrogens is 262 g/mol. The van der Waals surface area contributed by atoms with Gasteiger partial charge in [-0.1, -0.05) is 6.07 Å². The number of fused-ring (bicyclic) bond motifs is 1. The van der Waals surface area contributed by atoms with Crippen LogP contribution < -0.4 is 5.32 Å². The predicted molar refractivity (Wildman–Crippen MR) is 86.5 cm³/mol. The molecule has 21 heavy (non-hydrogen) atoms. The summed E-state index contributed by atoms with van der Waals surface area (Å²) in [6, 6.07) is 8.71. The van der Waals surface area contributed by atoms with Gasteiger partial charge in [0.05, 0.1) is 13.2 Å². The second kappa shape index (κ2) is 6.18. The summed E-state index contributed by atoms with van der Waals surface area (Å²) >= 11 is 0. The van der Waals surface area contributed by atoms with Crippen LogP contribution in [0.5, 0.6) is 0 Å². The fourth-order valence-electron chi connectivity index (χ4n) is 3.01. The van der Waals surface area contributed by atoms with Crippen molar-refractivity contribution in [3.63, 3.8) is 0 Å². The van der Waals surface area contributed by atoms with Gasteiger partial charge in [0.25, 0.3) is 0 Å². The number of ether oxygens (including phenoxy) is 1. The lowest BCUT2D eigenvalue weighted by atomic mass is 10.0. The highest BCUT2D eigenvalue weighted by Crippen LogP contribution is 2.17. The fraction of sp³-hybridized carbons (Fsp3) is 0.529. The summed E-state index contributed by atoms with van der Waals surface area (Å²) in [5, 5.41) is 4.88. The molecule has 4 nitrogen and oxygen atoms in total. The van der Waals surface area contributed by atoms with Crippen molar-refractivity contribution in [2.24, 2.45) is 0 Å². The maximum absolute atomic E-state index is 5.44. The molecule has 0 spiro atoms. The van der Waals surface area contributed by atoms with E-state index in [1.807, 2.05) is 6.20 Å². The molecule has 0 atom stereocenters. The minimum absolute atomic E-state index is 0.169. The van der Waals surface area contributed by atoms with Crippen LogP contribution in [0.15, 0.2) is 30.5 Å². The van der Waals surface area contributed by atoms with Crippen LogP contribution >= 0.6 is 0 Å². The normalized spacial score (nSPS) is 17.4. The number of hydrogen-bond acceptors (Lipinski definition) is 3. The van der Waals surface area contributed by atoms with Crippen LogP contribution in [0.2, 0.25) is 0 Å². The quantitative estimate of drug-likeness (QED) is 0.887. The van der Waals surface area contributed by atoms with Crippen molar-refractivity contribution in [2.75, 3.05) is 32.8 Å². The van der Waals surface area contributed by atoms with Crippen molar-refractivity contribution in [1.82, 2.24) is 15.2 Å². The average molecular weight is 287 g/mol. The standard InChI is InChI=1S/C17H25N3O/c1-17(2,20-7-9-21-10-8-20)13-18-12-14-3-4-16-15(11-14)5-6-19-16/h3-6,11,18-19H,7-10,12-13H2,1-2H3. The highest BCUT2D eigenvalue weighted by Gasteiger charge is 2.27. The van der Waals surface area contributed by atoms with E-state index in [4.69, 9.17) is 4.74 Å². The Labute approximate surface area is 126 Å². The van der Waals surface area contributed by atoms with Crippen LogP contribution in [0.1, 0.15) is 19.4 Å². The number of benzene rings is 1. The highest BCUT2D eigenvalue weighted by atomic mass is 16.5. The van der Waals surface area contributed by atoms with E-state index in [2.05, 4.69) is 53.3 Å². The molecule has 3 rings (SSSR count). The van der Waals surface area contributed by atoms with Crippen molar-refractivity contribution in [1.29, 1.82) is 0 Å². The molecule has 0 bridgehead atoms. The Kier molecular flexibility index (Phi) is 4.29. The predicted octanol–water partition coefficient (Wildman–Crippen LogP) is 2.37. The van der Waals surface area contributed by atoms with Crippen LogP contribution in [-0.4, -0.2) is 48.3 Å². The number of nitrogens with one attached hydrogen (secondary N) is 2. The topological polar surface area (TPSA) is 40.3 Å². The smallest absolute Gasteiger partial charge is 0.0594 e. The van der Waals surface area contributed by atoms with Crippen LogP contribution in [0.25, 0.3) is 10.9 Å². The molecule has 2 N–H and O–H groups in total. The van der Waals surface area contributed by atoms with Crippen molar-refractivity contribution in [2.45, 2.75) is 25.9 Å². The molecule has 0 saturated carbocycles. The Bertz CT molecular complexity index is 584. The Morgan fingerprint density at radius 1 is 1.24 bits per heavy atom. The molecule has 0 radical (unpaired) electrons. The summed E-state index contributed by atoms with van der Waals surface area (Å²) in [4.78, 5) is 5.74. The molecule has 2 heterocycles. The molecule has 1 aliphatic heterocycles. The summed E-state index contributed by atoms with van der Waals surface area (Å²) in [7, 11) is 0. The number of hydrogen-bond donors (Lipinski definition) is 2. The van der Waals surface area contributed by atoms with E-state index in [0.717, 1.165) is 39.4 Å². The SMILES string of the molecule is CC(C)(CNCc1ccc2[nH]ccc2c1)N1CCOCC1. The lowest BCUT2D eigenvalue weighted by Crippen LogP contribution is -2.54. The largest absolute Gasteiger partial charge is 0.379 e. The first-order valence-corrected chi connectivity index (χ1v) is 7.75. The third kappa shape index (κ3) is 3.46. The van der Waals surface area contributed by atoms with E-state index in [-0.39, 0.29) is 5.54 Å². The number of nitrogens with zero attached hydrogens (tertiary/aromatic N) is 1. The van der Waals surface area contributed by atoms with Crippen LogP contribution in [0.3, 0.4) is 0 Å². The molecule has 1 aliphatic rings. The van der Waals surface area contributed by atoms with E-state index in [1.54, 1.807) is 0 Å². The van der Waals surface area contributed by atoms with Gasteiger partial charge in [-0.15, -0.1) is 0 Å². The molecule has 0 unspecified atom stereocenters. The maximum Gasteiger partial charge on any atom is 0.0594 e. The summed E-state index contributed by atoms with van der Waals surface area (Å²) < 4.78 is 5.44. The molecule has 4 heteroatoms. The van der Waals surface area contributed by atoms with Gasteiger partial charge in [-0.25, -0.2) is 0 Å². The van der Waals surface area contributed by atoms with Gasteiger partial charge in [-0.05, 0) is 43.0 Å². The fourth-order valence-corrected chi connectivity index (χ4v) is 3.01. The van der Waals surface area contributed by atoms with E-state index in [1.165, 1.54) is 16.5 Å². The first kappa shape index (κ1) is 14.6. The van der Waals surface area contributed by atoms with Crippen LogP contribution in [-0.2, 0) is 11.3 Å². The molecule has 0 aliphatic carbocycles. The van der Waals surface area contributed by atoms with Gasteiger partial charge < -0.3 is 15.0 Å². The first-order chi connectivity index (χ1) is 10.1. The molecule has 1 fully saturated rings. The number of aromatic nitrogens is 1. The minimum Gasteiger partial charge on any atom is -0.379 e. The zero-order valence-electron chi connectivity index (χ0n) is 13.0. The van der Waals surface area contributed by atoms with Gasteiger partial charge in [0.2, 0.25) is 0 Å². The maximum atomic E-state index is 5.44. The second-order valence-electron chi connectivity index (χ2n) is 6.41. The van der Waals surface area contributed by atoms with Crippen molar-refractivity contribution < 1.29 is 4.74 Å². The summed E-state index contributed by atoms with van der Waals surface area (Å²) in [6.07, 6.45) is 1.99. The lowest BCUT2D eigenvalue weighted by Gasteiger charge is -2.41. The van der Waals surface area contributed by atoms with Gasteiger partial charge in [0, 0.05) is 43.4 Å². The minimum atomic E-state index is 0.169. The van der Waals surface area contributed by atoms with Crippen LogP contribution in [0.4, 0.5) is 0 Å². The highest BCUT2D eigenvalue weighted by molar-refractivity contribution is 5.79. The monoisotopic (exact) mass is 287 g/mol. The van der Waals surface area contributed by atoms with Crippen molar-refractivity contribution >= 4 is 10.9 Å². The van der Waals surface area contributed by atoms with E-state index in [9.17, 15) is 0 Å². The zero-order valence-corrected chi connectivity index (χ0v) is 13.0. The number of rotatable bonds is 5. The lowest BCUT2D eigenvalue weighted by molar-refractivity contribution is -0.00966. The van der Waals surface area contributed by atoms with E-state index in [0.29, 0.717) is 0 Å². The average Bonchev–Trinajstić information content (AvgIpc) is 2.95. The number of morpholine rings is 1. The molecule has 1 aromatic carbocycles. The van der Waals surface area contributed by atoms with Gasteiger partial charge >= 0.3 is 0 Å². The van der Waals surface area contributed by atoms with Gasteiger partial charge in [0.1, 0.15) is 0 Å². The molecule has 114 valence electrons. The van der Waals surface area contributed by atoms with Gasteiger partial charge in [-0.3, -0.25) is 4.90 Å². The second-order valence-corrected chi connectivity index (χ2v) is 6.41. The molecule has 1 aromatic heterocycles. The third-order valence-electron chi connectivity index (χ3n) is 4.37. The summed E-state index contributed by atoms with van der Waals surface area (Å²) in [5.74, 6) is 0. The molecule has 0 amide bonds. The summed E-state index contributed by atoms with van der Waals surface area (Å²) in [6.45, 7) is 10.3. The number of aromatic amines is 1. The zero-order chi connectivity index (χ0) is 14.7. The first-order valence-electron chi connectivity index (χ1n) is 7.75. The third-order valence-corrected chi connectivity index (χ3v) is 4.37. The Morgan fingerprint density at radius 2 is 2.05 bits per heavy atom. The Hall–Kier alpha value is -1.36. The summed E-state index contributed by atoms with van der Waals surface area (Å²) in [5.41, 5.74) is 2.70. The van der Waals surface area contributed by atoms with Gasteiger partial charge in [-0.2, -0.15) is 0 Å². The molecule has 1 saturated heterocycles. The molecular formula is C17H25N3O. The van der Waals surface area contributed by atoms with Crippen molar-refractivity contribution in [3.05, 3.63) is 36.0 Å². The molecule has 2 aromatic rings. The van der Waals surface area contributed by atoms with E-state index >= 15 is 0 Å². The van der Waals surface area contributed by atoms with Crippen LogP contribution in [0, 0.1) is 0 Å². The van der Waals surface area contributed by atoms with Crippen molar-refractivity contribution in [3.8, 4) is 0 Å². The van der Waals surface area contributed by atoms with E-state index < -0.39 is 0 Å².